The molecule has 4 heteroatoms. The Morgan fingerprint density at radius 2 is 2.00 bits per heavy atom. The van der Waals surface area contributed by atoms with Gasteiger partial charge in [0.05, 0.1) is 18.0 Å². The third-order valence-corrected chi connectivity index (χ3v) is 3.96. The summed E-state index contributed by atoms with van der Waals surface area (Å²) in [5.41, 5.74) is 7.21. The van der Waals surface area contributed by atoms with Crippen LogP contribution in [0.15, 0.2) is 12.1 Å². The van der Waals surface area contributed by atoms with Gasteiger partial charge in [0, 0.05) is 17.7 Å². The predicted molar refractivity (Wildman–Crippen MR) is 81.7 cm³/mol. The SMILES string of the molecule is CCCOc1cc(NC2(C)CCCCC2)c(N)cc1F. The fourth-order valence-corrected chi connectivity index (χ4v) is 2.78. The Morgan fingerprint density at radius 3 is 2.65 bits per heavy atom. The molecule has 1 aromatic rings. The monoisotopic (exact) mass is 280 g/mol. The zero-order chi connectivity index (χ0) is 14.6. The van der Waals surface area contributed by atoms with E-state index in [-0.39, 0.29) is 11.3 Å². The second kappa shape index (κ2) is 6.33. The Bertz CT molecular complexity index is 456. The molecule has 2 rings (SSSR count). The Labute approximate surface area is 120 Å². The molecule has 0 aromatic heterocycles. The average Bonchev–Trinajstić information content (AvgIpc) is 2.41. The van der Waals surface area contributed by atoms with E-state index < -0.39 is 5.82 Å². The molecule has 20 heavy (non-hydrogen) atoms. The molecular formula is C16H25FN2O. The zero-order valence-corrected chi connectivity index (χ0v) is 12.5. The van der Waals surface area contributed by atoms with Gasteiger partial charge in [0.2, 0.25) is 0 Å². The molecule has 3 nitrogen and oxygen atoms in total. The van der Waals surface area contributed by atoms with Gasteiger partial charge in [-0.2, -0.15) is 0 Å². The molecule has 1 fully saturated rings. The summed E-state index contributed by atoms with van der Waals surface area (Å²) in [6.45, 7) is 4.72. The fraction of sp³-hybridized carbons (Fsp3) is 0.625. The fourth-order valence-electron chi connectivity index (χ4n) is 2.78. The van der Waals surface area contributed by atoms with Crippen LogP contribution in [0.1, 0.15) is 52.4 Å². The Balaban J connectivity index is 2.17. The van der Waals surface area contributed by atoms with Gasteiger partial charge in [-0.05, 0) is 26.2 Å². The highest BCUT2D eigenvalue weighted by atomic mass is 19.1. The molecule has 1 saturated carbocycles. The topological polar surface area (TPSA) is 47.3 Å². The summed E-state index contributed by atoms with van der Waals surface area (Å²) in [7, 11) is 0. The summed E-state index contributed by atoms with van der Waals surface area (Å²) in [6.07, 6.45) is 6.84. The minimum atomic E-state index is -0.393. The van der Waals surface area contributed by atoms with Gasteiger partial charge in [0.1, 0.15) is 0 Å². The Hall–Kier alpha value is -1.45. The van der Waals surface area contributed by atoms with Crippen LogP contribution in [-0.4, -0.2) is 12.1 Å². The molecule has 0 spiro atoms. The summed E-state index contributed by atoms with van der Waals surface area (Å²) in [5.74, 6) is -0.113. The van der Waals surface area contributed by atoms with Crippen molar-refractivity contribution in [2.45, 2.75) is 57.9 Å². The number of nitrogens with one attached hydrogen (secondary N) is 1. The molecule has 0 aliphatic heterocycles. The van der Waals surface area contributed by atoms with Gasteiger partial charge in [0.25, 0.3) is 0 Å². The molecule has 0 saturated heterocycles. The second-order valence-corrected chi connectivity index (χ2v) is 5.96. The third kappa shape index (κ3) is 3.56. The van der Waals surface area contributed by atoms with Crippen molar-refractivity contribution in [2.24, 2.45) is 0 Å². The molecule has 0 heterocycles. The number of nitrogen functional groups attached to an aromatic ring is 1. The number of hydrogen-bond acceptors (Lipinski definition) is 3. The van der Waals surface area contributed by atoms with E-state index in [1.165, 1.54) is 25.3 Å². The van der Waals surface area contributed by atoms with Gasteiger partial charge in [-0.3, -0.25) is 0 Å². The van der Waals surface area contributed by atoms with Crippen molar-refractivity contribution in [3.8, 4) is 5.75 Å². The lowest BCUT2D eigenvalue weighted by atomic mass is 9.83. The molecule has 1 aromatic carbocycles. The molecule has 0 amide bonds. The zero-order valence-electron chi connectivity index (χ0n) is 12.5. The summed E-state index contributed by atoms with van der Waals surface area (Å²) < 4.78 is 19.2. The standard InChI is InChI=1S/C16H25FN2O/c1-3-9-20-15-11-14(13(18)10-12(15)17)19-16(2)7-5-4-6-8-16/h10-11,19H,3-9,18H2,1-2H3. The first-order chi connectivity index (χ1) is 9.54. The lowest BCUT2D eigenvalue weighted by molar-refractivity contribution is 0.301. The van der Waals surface area contributed by atoms with Crippen molar-refractivity contribution in [1.82, 2.24) is 0 Å². The van der Waals surface area contributed by atoms with E-state index in [0.717, 1.165) is 24.9 Å². The number of ether oxygens (including phenoxy) is 1. The van der Waals surface area contributed by atoms with Crippen LogP contribution in [0.5, 0.6) is 5.75 Å². The van der Waals surface area contributed by atoms with Gasteiger partial charge >= 0.3 is 0 Å². The molecule has 0 atom stereocenters. The number of nitrogens with two attached hydrogens (primary N) is 1. The summed E-state index contributed by atoms with van der Waals surface area (Å²) in [6, 6.07) is 3.04. The Kier molecular flexibility index (Phi) is 4.73. The first-order valence-electron chi connectivity index (χ1n) is 7.54. The van der Waals surface area contributed by atoms with Crippen molar-refractivity contribution in [2.75, 3.05) is 17.7 Å². The number of anilines is 2. The van der Waals surface area contributed by atoms with Gasteiger partial charge in [0.15, 0.2) is 11.6 Å². The van der Waals surface area contributed by atoms with E-state index >= 15 is 0 Å². The van der Waals surface area contributed by atoms with Crippen LogP contribution in [0.25, 0.3) is 0 Å². The van der Waals surface area contributed by atoms with Crippen LogP contribution >= 0.6 is 0 Å². The minimum absolute atomic E-state index is 0.0478. The minimum Gasteiger partial charge on any atom is -0.490 e. The number of rotatable bonds is 5. The van der Waals surface area contributed by atoms with E-state index in [1.54, 1.807) is 6.07 Å². The summed E-state index contributed by atoms with van der Waals surface area (Å²) in [4.78, 5) is 0. The van der Waals surface area contributed by atoms with E-state index in [4.69, 9.17) is 10.5 Å². The van der Waals surface area contributed by atoms with Crippen LogP contribution in [0.2, 0.25) is 0 Å². The van der Waals surface area contributed by atoms with Crippen LogP contribution in [0.4, 0.5) is 15.8 Å². The van der Waals surface area contributed by atoms with Crippen LogP contribution in [0.3, 0.4) is 0 Å². The largest absolute Gasteiger partial charge is 0.490 e. The Morgan fingerprint density at radius 1 is 1.30 bits per heavy atom. The summed E-state index contributed by atoms with van der Waals surface area (Å²) >= 11 is 0. The maximum Gasteiger partial charge on any atom is 0.167 e. The van der Waals surface area contributed by atoms with Gasteiger partial charge in [-0.25, -0.2) is 4.39 Å². The van der Waals surface area contributed by atoms with Crippen molar-refractivity contribution in [3.05, 3.63) is 17.9 Å². The maximum absolute atomic E-state index is 13.8. The molecule has 3 N–H and O–H groups in total. The van der Waals surface area contributed by atoms with Crippen molar-refractivity contribution in [1.29, 1.82) is 0 Å². The average molecular weight is 280 g/mol. The number of hydrogen-bond donors (Lipinski definition) is 2. The highest BCUT2D eigenvalue weighted by molar-refractivity contribution is 5.69. The quantitative estimate of drug-likeness (QED) is 0.789. The molecular weight excluding hydrogens is 255 g/mol. The molecule has 0 unspecified atom stereocenters. The first-order valence-corrected chi connectivity index (χ1v) is 7.54. The molecule has 0 bridgehead atoms. The lowest BCUT2D eigenvalue weighted by Gasteiger charge is -2.36. The normalized spacial score (nSPS) is 17.8. The van der Waals surface area contributed by atoms with Gasteiger partial charge < -0.3 is 15.8 Å². The van der Waals surface area contributed by atoms with Crippen LogP contribution in [-0.2, 0) is 0 Å². The van der Waals surface area contributed by atoms with E-state index in [1.807, 2.05) is 6.92 Å². The highest BCUT2D eigenvalue weighted by Crippen LogP contribution is 2.35. The van der Waals surface area contributed by atoms with Gasteiger partial charge in [-0.1, -0.05) is 26.2 Å². The van der Waals surface area contributed by atoms with Crippen LogP contribution < -0.4 is 15.8 Å². The van der Waals surface area contributed by atoms with Crippen molar-refractivity contribution < 1.29 is 9.13 Å². The maximum atomic E-state index is 13.8. The van der Waals surface area contributed by atoms with E-state index in [0.29, 0.717) is 12.3 Å². The van der Waals surface area contributed by atoms with Crippen molar-refractivity contribution in [3.63, 3.8) is 0 Å². The van der Waals surface area contributed by atoms with Crippen LogP contribution in [0, 0.1) is 5.82 Å². The molecule has 112 valence electrons. The molecule has 0 radical (unpaired) electrons. The van der Waals surface area contributed by atoms with E-state index in [9.17, 15) is 4.39 Å². The van der Waals surface area contributed by atoms with Crippen molar-refractivity contribution >= 4 is 11.4 Å². The number of halogens is 1. The van der Waals surface area contributed by atoms with Gasteiger partial charge in [-0.15, -0.1) is 0 Å². The lowest BCUT2D eigenvalue weighted by Crippen LogP contribution is -2.37. The smallest absolute Gasteiger partial charge is 0.167 e. The predicted octanol–water partition coefficient (Wildman–Crippen LogP) is 4.33. The first kappa shape index (κ1) is 14.9. The molecule has 1 aliphatic carbocycles. The third-order valence-electron chi connectivity index (χ3n) is 3.96. The second-order valence-electron chi connectivity index (χ2n) is 5.96. The molecule has 1 aliphatic rings. The van der Waals surface area contributed by atoms with E-state index in [2.05, 4.69) is 12.2 Å². The summed E-state index contributed by atoms with van der Waals surface area (Å²) in [5, 5.41) is 3.50. The number of benzene rings is 1. The highest BCUT2D eigenvalue weighted by Gasteiger charge is 2.27.